The van der Waals surface area contributed by atoms with Gasteiger partial charge in [0.2, 0.25) is 0 Å². The van der Waals surface area contributed by atoms with Gasteiger partial charge in [0.05, 0.1) is 6.54 Å². The third kappa shape index (κ3) is 6.82. The van der Waals surface area contributed by atoms with Gasteiger partial charge in [-0.1, -0.05) is 25.0 Å². The van der Waals surface area contributed by atoms with E-state index in [0.717, 1.165) is 37.6 Å². The van der Waals surface area contributed by atoms with Crippen LogP contribution in [0.4, 0.5) is 0 Å². The first-order valence-electron chi connectivity index (χ1n) is 10.5. The molecule has 156 valence electrons. The number of hydrogen-bond acceptors (Lipinski definition) is 3. The van der Waals surface area contributed by atoms with Gasteiger partial charge in [0, 0.05) is 38.9 Å². The van der Waals surface area contributed by atoms with Crippen LogP contribution in [-0.2, 0) is 11.3 Å². The fourth-order valence-electron chi connectivity index (χ4n) is 3.77. The van der Waals surface area contributed by atoms with E-state index in [9.17, 15) is 4.79 Å². The third-order valence-electron chi connectivity index (χ3n) is 5.45. The van der Waals surface area contributed by atoms with Crippen molar-refractivity contribution < 1.29 is 9.53 Å². The van der Waals surface area contributed by atoms with Gasteiger partial charge in [-0.15, -0.1) is 0 Å². The number of guanidine groups is 1. The highest BCUT2D eigenvalue weighted by Crippen LogP contribution is 2.40. The summed E-state index contributed by atoms with van der Waals surface area (Å²) in [6.07, 6.45) is 6.21. The van der Waals surface area contributed by atoms with Crippen molar-refractivity contribution in [2.45, 2.75) is 52.5 Å². The summed E-state index contributed by atoms with van der Waals surface area (Å²) in [5.41, 5.74) is 2.08. The van der Waals surface area contributed by atoms with Crippen LogP contribution in [0, 0.1) is 5.41 Å². The summed E-state index contributed by atoms with van der Waals surface area (Å²) in [4.78, 5) is 16.6. The number of ether oxygens (including phenoxy) is 1. The maximum Gasteiger partial charge on any atom is 0.251 e. The minimum atomic E-state index is -0.0366. The Labute approximate surface area is 169 Å². The molecule has 0 radical (unpaired) electrons. The zero-order chi connectivity index (χ0) is 20.2. The third-order valence-corrected chi connectivity index (χ3v) is 5.45. The van der Waals surface area contributed by atoms with Gasteiger partial charge in [0.25, 0.3) is 5.91 Å². The minimum Gasteiger partial charge on any atom is -0.385 e. The summed E-state index contributed by atoms with van der Waals surface area (Å²) in [6.45, 7) is 7.78. The van der Waals surface area contributed by atoms with Crippen molar-refractivity contribution in [1.82, 2.24) is 16.0 Å². The number of rotatable bonds is 10. The molecule has 1 fully saturated rings. The number of hydrogen-bond donors (Lipinski definition) is 3. The van der Waals surface area contributed by atoms with Crippen LogP contribution in [0.15, 0.2) is 29.3 Å². The van der Waals surface area contributed by atoms with Crippen LogP contribution in [0.25, 0.3) is 0 Å². The fourth-order valence-corrected chi connectivity index (χ4v) is 3.77. The molecule has 0 unspecified atom stereocenters. The number of methoxy groups -OCH3 is 1. The monoisotopic (exact) mass is 388 g/mol. The number of nitrogens with one attached hydrogen (secondary N) is 3. The van der Waals surface area contributed by atoms with Crippen LogP contribution >= 0.6 is 0 Å². The van der Waals surface area contributed by atoms with Gasteiger partial charge < -0.3 is 20.7 Å². The largest absolute Gasteiger partial charge is 0.385 e. The molecule has 1 saturated carbocycles. The maximum atomic E-state index is 11.9. The van der Waals surface area contributed by atoms with Gasteiger partial charge in [-0.05, 0) is 56.2 Å². The molecule has 28 heavy (non-hydrogen) atoms. The molecule has 1 aliphatic carbocycles. The molecule has 6 heteroatoms. The number of carbonyl (C=O) groups is 1. The zero-order valence-electron chi connectivity index (χ0n) is 17.6. The average molecular weight is 389 g/mol. The molecule has 2 rings (SSSR count). The van der Waals surface area contributed by atoms with Crippen LogP contribution < -0.4 is 16.0 Å². The highest BCUT2D eigenvalue weighted by Gasteiger charge is 2.33. The van der Waals surface area contributed by atoms with Crippen molar-refractivity contribution in [2.24, 2.45) is 10.4 Å². The van der Waals surface area contributed by atoms with Crippen molar-refractivity contribution in [1.29, 1.82) is 0 Å². The van der Waals surface area contributed by atoms with Crippen molar-refractivity contribution in [3.05, 3.63) is 35.4 Å². The Kier molecular flexibility index (Phi) is 9.28. The summed E-state index contributed by atoms with van der Waals surface area (Å²) in [5.74, 6) is 0.810. The lowest BCUT2D eigenvalue weighted by Gasteiger charge is -2.30. The van der Waals surface area contributed by atoms with Crippen LogP contribution in [0.3, 0.4) is 0 Å². The molecule has 0 saturated heterocycles. The van der Waals surface area contributed by atoms with Crippen LogP contribution in [-0.4, -0.2) is 45.2 Å². The van der Waals surface area contributed by atoms with Crippen molar-refractivity contribution in [3.8, 4) is 0 Å². The number of amides is 1. The Balaban J connectivity index is 1.95. The van der Waals surface area contributed by atoms with Crippen LogP contribution in [0.1, 0.15) is 61.9 Å². The fraction of sp³-hybridized carbons (Fsp3) is 0.636. The van der Waals surface area contributed by atoms with Gasteiger partial charge in [0.15, 0.2) is 5.96 Å². The topological polar surface area (TPSA) is 74.8 Å². The summed E-state index contributed by atoms with van der Waals surface area (Å²) >= 11 is 0. The summed E-state index contributed by atoms with van der Waals surface area (Å²) < 4.78 is 5.33. The number of benzene rings is 1. The normalized spacial score (nSPS) is 16.0. The van der Waals surface area contributed by atoms with E-state index in [-0.39, 0.29) is 5.91 Å². The van der Waals surface area contributed by atoms with Crippen molar-refractivity contribution >= 4 is 11.9 Å². The first-order chi connectivity index (χ1) is 13.6. The van der Waals surface area contributed by atoms with E-state index in [1.807, 2.05) is 31.2 Å². The van der Waals surface area contributed by atoms with Crippen LogP contribution in [0.5, 0.6) is 0 Å². The predicted octanol–water partition coefficient (Wildman–Crippen LogP) is 3.09. The van der Waals surface area contributed by atoms with Crippen molar-refractivity contribution in [3.63, 3.8) is 0 Å². The number of nitrogens with zero attached hydrogens (tertiary/aromatic N) is 1. The van der Waals surface area contributed by atoms with E-state index in [1.54, 1.807) is 7.11 Å². The standard InChI is InChI=1S/C22H36N4O2/c1-4-23-20(27)19-10-8-18(9-11-19)16-25-21(24-5-2)26-17-22(14-15-28-3)12-6-7-13-22/h8-11H,4-7,12-17H2,1-3H3,(H,23,27)(H2,24,25,26). The number of aliphatic imine (C=N–C) groups is 1. The molecule has 6 nitrogen and oxygen atoms in total. The summed E-state index contributed by atoms with van der Waals surface area (Å²) in [5, 5.41) is 9.70. The Hall–Kier alpha value is -2.08. The molecule has 0 spiro atoms. The lowest BCUT2D eigenvalue weighted by molar-refractivity contribution is 0.0956. The van der Waals surface area contributed by atoms with Gasteiger partial charge in [-0.2, -0.15) is 0 Å². The second-order valence-electron chi connectivity index (χ2n) is 7.56. The van der Waals surface area contributed by atoms with E-state index in [2.05, 4.69) is 22.9 Å². The number of carbonyl (C=O) groups excluding carboxylic acids is 1. The van der Waals surface area contributed by atoms with Gasteiger partial charge >= 0.3 is 0 Å². The minimum absolute atomic E-state index is 0.0366. The van der Waals surface area contributed by atoms with Crippen molar-refractivity contribution in [2.75, 3.05) is 33.4 Å². The van der Waals surface area contributed by atoms with Gasteiger partial charge in [-0.25, -0.2) is 4.99 Å². The molecule has 1 aliphatic rings. The Morgan fingerprint density at radius 2 is 1.75 bits per heavy atom. The SMILES string of the molecule is CCNC(=O)c1ccc(CN=C(NCC)NCC2(CCOC)CCCC2)cc1. The Morgan fingerprint density at radius 1 is 1.07 bits per heavy atom. The molecule has 0 atom stereocenters. The Bertz CT molecular complexity index is 622. The van der Waals surface area contributed by atoms with E-state index in [4.69, 9.17) is 9.73 Å². The predicted molar refractivity (Wildman–Crippen MR) is 115 cm³/mol. The molecule has 3 N–H and O–H groups in total. The highest BCUT2D eigenvalue weighted by molar-refractivity contribution is 5.94. The van der Waals surface area contributed by atoms with E-state index < -0.39 is 0 Å². The van der Waals surface area contributed by atoms with Gasteiger partial charge in [0.1, 0.15) is 0 Å². The van der Waals surface area contributed by atoms with E-state index >= 15 is 0 Å². The lowest BCUT2D eigenvalue weighted by Crippen LogP contribution is -2.43. The lowest BCUT2D eigenvalue weighted by atomic mass is 9.83. The summed E-state index contributed by atoms with van der Waals surface area (Å²) in [6, 6.07) is 7.65. The first kappa shape index (κ1) is 22.2. The van der Waals surface area contributed by atoms with E-state index in [1.165, 1.54) is 25.7 Å². The second kappa shape index (κ2) is 11.7. The first-order valence-corrected chi connectivity index (χ1v) is 10.5. The summed E-state index contributed by atoms with van der Waals surface area (Å²) in [7, 11) is 1.78. The maximum absolute atomic E-state index is 11.9. The molecule has 0 heterocycles. The molecule has 0 bridgehead atoms. The van der Waals surface area contributed by atoms with Gasteiger partial charge in [-0.3, -0.25) is 4.79 Å². The molecule has 0 aromatic heterocycles. The smallest absolute Gasteiger partial charge is 0.251 e. The molecular weight excluding hydrogens is 352 g/mol. The molecule has 1 aromatic rings. The second-order valence-corrected chi connectivity index (χ2v) is 7.56. The Morgan fingerprint density at radius 3 is 2.36 bits per heavy atom. The van der Waals surface area contributed by atoms with Crippen LogP contribution in [0.2, 0.25) is 0 Å². The molecule has 1 amide bonds. The highest BCUT2D eigenvalue weighted by atomic mass is 16.5. The molecular formula is C22H36N4O2. The quantitative estimate of drug-likeness (QED) is 0.425. The molecule has 0 aliphatic heterocycles. The molecule has 1 aromatic carbocycles. The average Bonchev–Trinajstić information content (AvgIpc) is 3.18. The van der Waals surface area contributed by atoms with E-state index in [0.29, 0.717) is 24.1 Å². The zero-order valence-corrected chi connectivity index (χ0v) is 17.6.